The Morgan fingerprint density at radius 3 is 2.60 bits per heavy atom. The summed E-state index contributed by atoms with van der Waals surface area (Å²) in [6.07, 6.45) is 5.15. The number of hydrogen-bond donors (Lipinski definition) is 0. The number of carbonyl (C=O) groups excluding carboxylic acids is 1. The number of amides is 1. The first-order valence-electron chi connectivity index (χ1n) is 2.85. The van der Waals surface area contributed by atoms with E-state index in [9.17, 15) is 4.79 Å². The summed E-state index contributed by atoms with van der Waals surface area (Å²) >= 11 is 1.37. The molecule has 0 saturated carbocycles. The summed E-state index contributed by atoms with van der Waals surface area (Å²) in [7, 11) is 0. The molecule has 0 aromatic rings. The zero-order valence-electron chi connectivity index (χ0n) is 5.75. The van der Waals surface area contributed by atoms with Crippen molar-refractivity contribution in [3.63, 3.8) is 0 Å². The van der Waals surface area contributed by atoms with E-state index in [2.05, 4.69) is 13.2 Å². The van der Waals surface area contributed by atoms with Gasteiger partial charge in [0, 0.05) is 5.75 Å². The van der Waals surface area contributed by atoms with Crippen molar-refractivity contribution in [1.82, 2.24) is 4.31 Å². The molecule has 0 atom stereocenters. The van der Waals surface area contributed by atoms with Crippen molar-refractivity contribution >= 4 is 18.4 Å². The highest BCUT2D eigenvalue weighted by molar-refractivity contribution is 7.97. The summed E-state index contributed by atoms with van der Waals surface area (Å²) in [5.41, 5.74) is 0. The Morgan fingerprint density at radius 2 is 2.20 bits per heavy atom. The predicted octanol–water partition coefficient (Wildman–Crippen LogP) is 1.38. The van der Waals surface area contributed by atoms with E-state index in [1.165, 1.54) is 16.3 Å². The van der Waals surface area contributed by atoms with Gasteiger partial charge in [-0.15, -0.1) is 13.2 Å². The van der Waals surface area contributed by atoms with Gasteiger partial charge >= 0.3 is 6.41 Å². The lowest BCUT2D eigenvalue weighted by molar-refractivity contribution is 0.516. The molecule has 0 aliphatic heterocycles. The molecule has 55 valence electrons. The molecule has 0 N–H and O–H groups in total. The van der Waals surface area contributed by atoms with Crippen LogP contribution in [0.4, 0.5) is 0 Å². The zero-order valence-corrected chi connectivity index (χ0v) is 6.56. The Balaban J connectivity index is 3.47. The topological polar surface area (TPSA) is 20.3 Å². The molecule has 0 bridgehead atoms. The van der Waals surface area contributed by atoms with Crippen molar-refractivity contribution in [3.8, 4) is 0 Å². The average molecular weight is 156 g/mol. The molecule has 0 unspecified atom stereocenters. The summed E-state index contributed by atoms with van der Waals surface area (Å²) in [6.45, 7) is 7.55. The van der Waals surface area contributed by atoms with Crippen molar-refractivity contribution in [2.24, 2.45) is 0 Å². The van der Waals surface area contributed by atoms with Crippen molar-refractivity contribution in [1.29, 1.82) is 0 Å². The van der Waals surface area contributed by atoms with Crippen LogP contribution in [-0.4, -0.2) is 23.0 Å². The number of hydrogen-bond acceptors (Lipinski definition) is 2. The molecule has 3 heteroatoms. The second-order valence-corrected chi connectivity index (χ2v) is 2.56. The highest BCUT2D eigenvalue weighted by Gasteiger charge is 1.96. The standard InChI is InChI=1S/C7H10NOS/c1-3-5-8(7-9)10-6-4-2/h3-4H,1-2,5-6H2. The Labute approximate surface area is 65.7 Å². The molecule has 10 heavy (non-hydrogen) atoms. The minimum Gasteiger partial charge on any atom is -0.274 e. The first-order chi connectivity index (χ1) is 4.85. The van der Waals surface area contributed by atoms with Crippen molar-refractivity contribution < 1.29 is 4.79 Å². The fraction of sp³-hybridized carbons (Fsp3) is 0.286. The maximum Gasteiger partial charge on any atom is 0.323 e. The largest absolute Gasteiger partial charge is 0.323 e. The molecule has 0 heterocycles. The Kier molecular flexibility index (Phi) is 5.97. The first kappa shape index (κ1) is 9.30. The number of rotatable bonds is 6. The fourth-order valence-corrected chi connectivity index (χ4v) is 0.925. The molecule has 0 rings (SSSR count). The maximum atomic E-state index is 10.1. The van der Waals surface area contributed by atoms with E-state index in [0.717, 1.165) is 5.75 Å². The van der Waals surface area contributed by atoms with Gasteiger partial charge < -0.3 is 0 Å². The van der Waals surface area contributed by atoms with Crippen LogP contribution in [0.3, 0.4) is 0 Å². The SMILES string of the molecule is C=CCSN([C]=O)CC=C. The maximum absolute atomic E-state index is 10.1. The summed E-state index contributed by atoms with van der Waals surface area (Å²) in [5.74, 6) is 0.725. The lowest BCUT2D eigenvalue weighted by Gasteiger charge is -2.09. The van der Waals surface area contributed by atoms with E-state index < -0.39 is 0 Å². The molecule has 0 aromatic carbocycles. The molecule has 0 aliphatic carbocycles. The van der Waals surface area contributed by atoms with Crippen LogP contribution in [0.2, 0.25) is 0 Å². The smallest absolute Gasteiger partial charge is 0.274 e. The molecule has 1 radical (unpaired) electrons. The highest BCUT2D eigenvalue weighted by Crippen LogP contribution is 2.05. The summed E-state index contributed by atoms with van der Waals surface area (Å²) in [6, 6.07) is 0. The summed E-state index contributed by atoms with van der Waals surface area (Å²) in [5, 5.41) is 0. The molecule has 2 nitrogen and oxygen atoms in total. The van der Waals surface area contributed by atoms with E-state index >= 15 is 0 Å². The third-order valence-electron chi connectivity index (χ3n) is 0.745. The highest BCUT2D eigenvalue weighted by atomic mass is 32.2. The molecule has 0 spiro atoms. The van der Waals surface area contributed by atoms with E-state index in [4.69, 9.17) is 0 Å². The normalized spacial score (nSPS) is 8.40. The van der Waals surface area contributed by atoms with Gasteiger partial charge in [-0.2, -0.15) is 0 Å². The zero-order chi connectivity index (χ0) is 7.82. The molecule has 0 aliphatic rings. The van der Waals surface area contributed by atoms with Crippen LogP contribution in [-0.2, 0) is 4.79 Å². The molecule has 0 aromatic heterocycles. The monoisotopic (exact) mass is 156 g/mol. The van der Waals surface area contributed by atoms with Gasteiger partial charge in [-0.3, -0.25) is 9.10 Å². The molecule has 0 fully saturated rings. The van der Waals surface area contributed by atoms with Gasteiger partial charge in [-0.05, 0) is 11.9 Å². The van der Waals surface area contributed by atoms with Crippen LogP contribution < -0.4 is 0 Å². The molecule has 0 saturated heterocycles. The number of nitrogens with zero attached hydrogens (tertiary/aromatic N) is 1. The van der Waals surface area contributed by atoms with E-state index in [1.807, 2.05) is 0 Å². The third-order valence-corrected chi connectivity index (χ3v) is 1.67. The Hall–Kier alpha value is -0.700. The first-order valence-corrected chi connectivity index (χ1v) is 3.79. The van der Waals surface area contributed by atoms with Gasteiger partial charge in [0.25, 0.3) is 0 Å². The second-order valence-electron chi connectivity index (χ2n) is 1.53. The van der Waals surface area contributed by atoms with Crippen LogP contribution in [0, 0.1) is 0 Å². The fourth-order valence-electron chi connectivity index (χ4n) is 0.376. The lowest BCUT2D eigenvalue weighted by Crippen LogP contribution is -2.12. The van der Waals surface area contributed by atoms with E-state index in [-0.39, 0.29) is 0 Å². The van der Waals surface area contributed by atoms with Crippen LogP contribution in [0.15, 0.2) is 25.3 Å². The quantitative estimate of drug-likeness (QED) is 0.329. The minimum absolute atomic E-state index is 0.530. The molecular weight excluding hydrogens is 146 g/mol. The third kappa shape index (κ3) is 4.21. The van der Waals surface area contributed by atoms with Crippen LogP contribution in [0.1, 0.15) is 0 Å². The van der Waals surface area contributed by atoms with Gasteiger partial charge in [0.15, 0.2) is 0 Å². The summed E-state index contributed by atoms with van der Waals surface area (Å²) in [4.78, 5) is 10.1. The Bertz CT molecular complexity index is 125. The van der Waals surface area contributed by atoms with Crippen molar-refractivity contribution in [2.75, 3.05) is 12.3 Å². The van der Waals surface area contributed by atoms with Crippen LogP contribution >= 0.6 is 11.9 Å². The predicted molar refractivity (Wildman–Crippen MR) is 45.3 cm³/mol. The summed E-state index contributed by atoms with van der Waals surface area (Å²) < 4.78 is 1.44. The van der Waals surface area contributed by atoms with Gasteiger partial charge in [0.1, 0.15) is 0 Å². The van der Waals surface area contributed by atoms with Gasteiger partial charge in [-0.25, -0.2) is 0 Å². The van der Waals surface area contributed by atoms with Crippen molar-refractivity contribution in [2.45, 2.75) is 0 Å². The molecule has 1 amide bonds. The second kappa shape index (κ2) is 6.42. The van der Waals surface area contributed by atoms with E-state index in [0.29, 0.717) is 6.54 Å². The van der Waals surface area contributed by atoms with Crippen LogP contribution in [0.25, 0.3) is 0 Å². The molecular formula is C7H10NOS. The van der Waals surface area contributed by atoms with E-state index in [1.54, 1.807) is 18.6 Å². The van der Waals surface area contributed by atoms with Gasteiger partial charge in [-0.1, -0.05) is 12.2 Å². The van der Waals surface area contributed by atoms with Crippen molar-refractivity contribution in [3.05, 3.63) is 25.3 Å². The minimum atomic E-state index is 0.530. The van der Waals surface area contributed by atoms with Gasteiger partial charge in [0.2, 0.25) is 0 Å². The lowest BCUT2D eigenvalue weighted by atomic mass is 10.6. The Morgan fingerprint density at radius 1 is 1.50 bits per heavy atom. The van der Waals surface area contributed by atoms with Crippen LogP contribution in [0.5, 0.6) is 0 Å². The van der Waals surface area contributed by atoms with Gasteiger partial charge in [0.05, 0.1) is 6.54 Å². The average Bonchev–Trinajstić information content (AvgIpc) is 1.98.